The van der Waals surface area contributed by atoms with E-state index in [2.05, 4.69) is 41.3 Å². The Kier molecular flexibility index (Phi) is 8.62. The number of pyridine rings is 1. The number of anilines is 1. The summed E-state index contributed by atoms with van der Waals surface area (Å²) in [5.74, 6) is 1.50. The number of benzene rings is 2. The highest BCUT2D eigenvalue weighted by Gasteiger charge is 2.39. The van der Waals surface area contributed by atoms with E-state index in [1.165, 1.54) is 12.1 Å². The minimum atomic E-state index is -0.685. The van der Waals surface area contributed by atoms with E-state index in [1.807, 2.05) is 11.9 Å². The predicted molar refractivity (Wildman–Crippen MR) is 177 cm³/mol. The van der Waals surface area contributed by atoms with Crippen molar-refractivity contribution in [1.82, 2.24) is 24.8 Å². The fourth-order valence-electron chi connectivity index (χ4n) is 7.10. The van der Waals surface area contributed by atoms with Crippen molar-refractivity contribution in [2.75, 3.05) is 45.2 Å². The van der Waals surface area contributed by atoms with Gasteiger partial charge in [-0.15, -0.1) is 6.42 Å². The maximum Gasteiger partial charge on any atom is 0.319 e. The summed E-state index contributed by atoms with van der Waals surface area (Å²) < 4.78 is 37.9. The van der Waals surface area contributed by atoms with Crippen LogP contribution in [0.3, 0.4) is 0 Å². The first kappa shape index (κ1) is 31.4. The summed E-state index contributed by atoms with van der Waals surface area (Å²) in [6.07, 6.45) is 13.3. The third-order valence-corrected chi connectivity index (χ3v) is 9.70. The molecule has 0 saturated carbocycles. The van der Waals surface area contributed by atoms with Crippen LogP contribution in [0, 0.1) is 24.0 Å². The Balaban J connectivity index is 1.48. The second-order valence-electron chi connectivity index (χ2n) is 12.3. The number of nitrogens with zero attached hydrogens (tertiary/aromatic N) is 6. The van der Waals surface area contributed by atoms with Crippen molar-refractivity contribution in [1.29, 1.82) is 0 Å². The molecule has 0 aliphatic carbocycles. The number of likely N-dealkylation sites (tertiary alicyclic amines) is 2. The maximum atomic E-state index is 16.8. The molecule has 2 unspecified atom stereocenters. The van der Waals surface area contributed by atoms with E-state index in [1.54, 1.807) is 35.4 Å². The number of hydrogen-bond acceptors (Lipinski definition) is 7. The molecule has 2 aliphatic heterocycles. The highest BCUT2D eigenvalue weighted by molar-refractivity contribution is 6.02. The molecule has 2 aliphatic rings. The van der Waals surface area contributed by atoms with Gasteiger partial charge in [-0.2, -0.15) is 9.97 Å². The fourth-order valence-corrected chi connectivity index (χ4v) is 7.10. The molecule has 2 atom stereocenters. The first-order chi connectivity index (χ1) is 22.2. The van der Waals surface area contributed by atoms with Gasteiger partial charge in [0.25, 0.3) is 0 Å². The van der Waals surface area contributed by atoms with E-state index in [0.29, 0.717) is 53.7 Å². The minimum absolute atomic E-state index is 0.0000498. The first-order valence-corrected chi connectivity index (χ1v) is 15.7. The van der Waals surface area contributed by atoms with Crippen LogP contribution in [-0.2, 0) is 4.79 Å². The van der Waals surface area contributed by atoms with Gasteiger partial charge in [0.2, 0.25) is 5.91 Å². The van der Waals surface area contributed by atoms with Crippen LogP contribution in [0.25, 0.3) is 32.9 Å². The minimum Gasteiger partial charge on any atom is -0.461 e. The zero-order valence-corrected chi connectivity index (χ0v) is 26.5. The summed E-state index contributed by atoms with van der Waals surface area (Å²) >= 11 is 0. The number of halogens is 2. The Morgan fingerprint density at radius 2 is 2.09 bits per heavy atom. The number of terminal acetylenes is 1. The van der Waals surface area contributed by atoms with Crippen LogP contribution in [0.2, 0.25) is 0 Å². The molecule has 8 nitrogen and oxygen atoms in total. The van der Waals surface area contributed by atoms with Gasteiger partial charge in [0.05, 0.1) is 16.5 Å². The standard InChI is InChI=1S/C36H38F2N6O2/c1-6-16-36(17-10-18-42(36)4)22-46-35-40-33-27(34(41-35)43(5)24-15-19-44(21-24)29(45)8-3)20-39-32(31(33)38)26-12-9-11-23-13-14-28(37)25(7-2)30(23)26/h2,8-9,11-14,20,24H,3,6,10,15-19,21-22H2,1,4-5H3. The zero-order chi connectivity index (χ0) is 32.6. The highest BCUT2D eigenvalue weighted by Crippen LogP contribution is 2.38. The number of likely N-dealkylation sites (N-methyl/N-ethyl adjacent to an activating group) is 2. The molecule has 2 aromatic carbocycles. The molecule has 2 saturated heterocycles. The number of carbonyl (C=O) groups excluding carboxylic acids is 1. The SMILES string of the molecule is C#Cc1c(F)ccc2cccc(-c3ncc4c(N(C)C5CCN(C(=O)C=C)C5)nc(OCC5(CCC)CCCN5C)nc4c3F)c12. The van der Waals surface area contributed by atoms with E-state index in [0.717, 1.165) is 32.2 Å². The molecule has 238 valence electrons. The average Bonchev–Trinajstić information content (AvgIpc) is 3.70. The van der Waals surface area contributed by atoms with Gasteiger partial charge in [-0.25, -0.2) is 8.78 Å². The largest absolute Gasteiger partial charge is 0.461 e. The van der Waals surface area contributed by atoms with Crippen LogP contribution >= 0.6 is 0 Å². The summed E-state index contributed by atoms with van der Waals surface area (Å²) in [5, 5.41) is 1.47. The van der Waals surface area contributed by atoms with Crippen molar-refractivity contribution in [3.63, 3.8) is 0 Å². The van der Waals surface area contributed by atoms with Crippen molar-refractivity contribution in [3.05, 3.63) is 66.4 Å². The topological polar surface area (TPSA) is 74.7 Å². The quantitative estimate of drug-likeness (QED) is 0.168. The number of hydrogen-bond donors (Lipinski definition) is 0. The van der Waals surface area contributed by atoms with Crippen LogP contribution < -0.4 is 9.64 Å². The second kappa shape index (κ2) is 12.6. The van der Waals surface area contributed by atoms with Gasteiger partial charge in [0.1, 0.15) is 29.5 Å². The third-order valence-electron chi connectivity index (χ3n) is 9.70. The van der Waals surface area contributed by atoms with Crippen molar-refractivity contribution in [2.45, 2.75) is 50.6 Å². The molecule has 0 spiro atoms. The Hall–Kier alpha value is -4.62. The van der Waals surface area contributed by atoms with Gasteiger partial charge in [-0.1, -0.05) is 50.1 Å². The molecule has 4 heterocycles. The molecule has 0 bridgehead atoms. The Morgan fingerprint density at radius 1 is 1.26 bits per heavy atom. The van der Waals surface area contributed by atoms with Crippen LogP contribution in [0.15, 0.2) is 49.2 Å². The molecular weight excluding hydrogens is 586 g/mol. The second-order valence-corrected chi connectivity index (χ2v) is 12.3. The van der Waals surface area contributed by atoms with Crippen molar-refractivity contribution < 1.29 is 18.3 Å². The van der Waals surface area contributed by atoms with Crippen molar-refractivity contribution >= 4 is 33.4 Å². The summed E-state index contributed by atoms with van der Waals surface area (Å²) in [4.78, 5) is 32.3. The van der Waals surface area contributed by atoms with E-state index in [4.69, 9.17) is 16.1 Å². The molecule has 10 heteroatoms. The Morgan fingerprint density at radius 3 is 2.80 bits per heavy atom. The monoisotopic (exact) mass is 624 g/mol. The third kappa shape index (κ3) is 5.43. The molecule has 1 amide bonds. The summed E-state index contributed by atoms with van der Waals surface area (Å²) in [7, 11) is 3.98. The first-order valence-electron chi connectivity index (χ1n) is 15.7. The number of amides is 1. The molecule has 4 aromatic rings. The van der Waals surface area contributed by atoms with Crippen LogP contribution in [0.1, 0.15) is 44.6 Å². The maximum absolute atomic E-state index is 16.8. The molecule has 2 fully saturated rings. The van der Waals surface area contributed by atoms with Gasteiger partial charge in [-0.3, -0.25) is 14.7 Å². The highest BCUT2D eigenvalue weighted by atomic mass is 19.1. The zero-order valence-electron chi connectivity index (χ0n) is 26.5. The van der Waals surface area contributed by atoms with Crippen molar-refractivity contribution in [2.24, 2.45) is 0 Å². The number of ether oxygens (including phenoxy) is 1. The normalized spacial score (nSPS) is 19.9. The lowest BCUT2D eigenvalue weighted by atomic mass is 9.92. The van der Waals surface area contributed by atoms with E-state index in [-0.39, 0.29) is 40.3 Å². The lowest BCUT2D eigenvalue weighted by Crippen LogP contribution is -2.46. The molecule has 2 aromatic heterocycles. The summed E-state index contributed by atoms with van der Waals surface area (Å²) in [6.45, 7) is 8.16. The van der Waals surface area contributed by atoms with Crippen LogP contribution in [-0.4, -0.2) is 82.6 Å². The number of rotatable bonds is 9. The van der Waals surface area contributed by atoms with Gasteiger partial charge < -0.3 is 14.5 Å². The predicted octanol–water partition coefficient (Wildman–Crippen LogP) is 5.97. The van der Waals surface area contributed by atoms with Crippen LogP contribution in [0.5, 0.6) is 6.01 Å². The molecule has 6 rings (SSSR count). The number of carbonyl (C=O) groups is 1. The van der Waals surface area contributed by atoms with Gasteiger partial charge in [0.15, 0.2) is 5.82 Å². The number of aromatic nitrogens is 3. The molecular formula is C36H38F2N6O2. The van der Waals surface area contributed by atoms with Gasteiger partial charge >= 0.3 is 6.01 Å². The summed E-state index contributed by atoms with van der Waals surface area (Å²) in [5.41, 5.74) is 0.290. The Bertz CT molecular complexity index is 1870. The van der Waals surface area contributed by atoms with Crippen LogP contribution in [0.4, 0.5) is 14.6 Å². The molecule has 46 heavy (non-hydrogen) atoms. The Labute approximate surface area is 268 Å². The summed E-state index contributed by atoms with van der Waals surface area (Å²) in [6, 6.07) is 8.15. The van der Waals surface area contributed by atoms with Gasteiger partial charge in [0, 0.05) is 43.3 Å². The van der Waals surface area contributed by atoms with Gasteiger partial charge in [-0.05, 0) is 56.8 Å². The van der Waals surface area contributed by atoms with E-state index in [9.17, 15) is 9.18 Å². The van der Waals surface area contributed by atoms with Crippen molar-refractivity contribution in [3.8, 4) is 29.6 Å². The smallest absolute Gasteiger partial charge is 0.319 e. The van der Waals surface area contributed by atoms with E-state index < -0.39 is 11.6 Å². The molecule has 0 radical (unpaired) electrons. The molecule has 0 N–H and O–H groups in total. The number of fused-ring (bicyclic) bond motifs is 2. The average molecular weight is 625 g/mol. The lowest BCUT2D eigenvalue weighted by Gasteiger charge is -2.35. The lowest BCUT2D eigenvalue weighted by molar-refractivity contribution is -0.125. The fraction of sp³-hybridized carbons (Fsp3) is 0.389. The van der Waals surface area contributed by atoms with E-state index >= 15 is 4.39 Å².